The minimum absolute atomic E-state index is 0.145. The number of carboxylic acid groups (broad SMARTS) is 1. The minimum Gasteiger partial charge on any atom is -0.475 e. The Balaban J connectivity index is 2.22. The zero-order valence-corrected chi connectivity index (χ0v) is 10.5. The maximum absolute atomic E-state index is 10.6. The molecule has 0 amide bonds. The fraction of sp³-hybridized carbons (Fsp3) is 0.0833. The second-order valence-corrected chi connectivity index (χ2v) is 4.31. The third-order valence-electron chi connectivity index (χ3n) is 2.09. The summed E-state index contributed by atoms with van der Waals surface area (Å²) in [5.41, 5.74) is 1.09. The van der Waals surface area contributed by atoms with Gasteiger partial charge in [0.25, 0.3) is 5.95 Å². The van der Waals surface area contributed by atoms with Crippen LogP contribution in [-0.2, 0) is 0 Å². The fourth-order valence-corrected chi connectivity index (χ4v) is 1.86. The van der Waals surface area contributed by atoms with Crippen molar-refractivity contribution in [3.63, 3.8) is 0 Å². The summed E-state index contributed by atoms with van der Waals surface area (Å²) < 4.78 is 11.2. The molecule has 0 saturated heterocycles. The van der Waals surface area contributed by atoms with Crippen LogP contribution in [-0.4, -0.2) is 11.1 Å². The molecule has 0 aliphatic rings. The quantitative estimate of drug-likeness (QED) is 0.935. The van der Waals surface area contributed by atoms with Crippen LogP contribution in [0.3, 0.4) is 0 Å². The van der Waals surface area contributed by atoms with Gasteiger partial charge in [0.15, 0.2) is 0 Å². The second kappa shape index (κ2) is 4.63. The smallest absolute Gasteiger partial charge is 0.371 e. The molecule has 88 valence electrons. The summed E-state index contributed by atoms with van der Waals surface area (Å²) in [6.45, 7) is 1.96. The van der Waals surface area contributed by atoms with Crippen LogP contribution >= 0.6 is 15.9 Å². The Morgan fingerprint density at radius 1 is 1.35 bits per heavy atom. The lowest BCUT2D eigenvalue weighted by Crippen LogP contribution is -1.91. The van der Waals surface area contributed by atoms with E-state index in [1.54, 1.807) is 6.07 Å². The zero-order valence-electron chi connectivity index (χ0n) is 8.94. The van der Waals surface area contributed by atoms with Gasteiger partial charge in [0.05, 0.1) is 4.47 Å². The maximum Gasteiger partial charge on any atom is 0.371 e. The van der Waals surface area contributed by atoms with E-state index in [0.717, 1.165) is 10.0 Å². The van der Waals surface area contributed by atoms with Crippen LogP contribution in [0.2, 0.25) is 0 Å². The fourth-order valence-electron chi connectivity index (χ4n) is 1.29. The van der Waals surface area contributed by atoms with Gasteiger partial charge in [-0.05, 0) is 46.6 Å². The first-order valence-corrected chi connectivity index (χ1v) is 5.62. The number of halogens is 1. The van der Waals surface area contributed by atoms with Gasteiger partial charge in [-0.2, -0.15) is 0 Å². The molecule has 1 aromatic heterocycles. The molecule has 0 unspecified atom stereocenters. The van der Waals surface area contributed by atoms with Crippen molar-refractivity contribution < 1.29 is 19.1 Å². The van der Waals surface area contributed by atoms with Crippen molar-refractivity contribution in [2.45, 2.75) is 6.92 Å². The van der Waals surface area contributed by atoms with Crippen LogP contribution in [0.1, 0.15) is 16.1 Å². The highest BCUT2D eigenvalue weighted by atomic mass is 79.9. The van der Waals surface area contributed by atoms with Gasteiger partial charge in [-0.1, -0.05) is 6.07 Å². The lowest BCUT2D eigenvalue weighted by molar-refractivity contribution is 0.0657. The molecule has 0 aliphatic heterocycles. The number of furan rings is 1. The molecule has 1 aromatic carbocycles. The highest BCUT2D eigenvalue weighted by Crippen LogP contribution is 2.31. The Kier molecular flexibility index (Phi) is 3.19. The Labute approximate surface area is 106 Å². The molecule has 5 heteroatoms. The van der Waals surface area contributed by atoms with Gasteiger partial charge in [0.2, 0.25) is 5.76 Å². The molecule has 0 aliphatic carbocycles. The van der Waals surface area contributed by atoms with Crippen molar-refractivity contribution in [2.75, 3.05) is 0 Å². The van der Waals surface area contributed by atoms with Crippen molar-refractivity contribution in [2.24, 2.45) is 0 Å². The summed E-state index contributed by atoms with van der Waals surface area (Å²) in [6, 6.07) is 8.38. The predicted molar refractivity (Wildman–Crippen MR) is 64.6 cm³/mol. The third-order valence-corrected chi connectivity index (χ3v) is 2.71. The third kappa shape index (κ3) is 2.68. The van der Waals surface area contributed by atoms with Gasteiger partial charge in [0, 0.05) is 6.07 Å². The lowest BCUT2D eigenvalue weighted by atomic mass is 10.2. The van der Waals surface area contributed by atoms with Crippen LogP contribution in [0, 0.1) is 6.92 Å². The normalized spacial score (nSPS) is 10.2. The summed E-state index contributed by atoms with van der Waals surface area (Å²) in [7, 11) is 0. The van der Waals surface area contributed by atoms with E-state index in [4.69, 9.17) is 14.3 Å². The number of hydrogen-bond donors (Lipinski definition) is 1. The van der Waals surface area contributed by atoms with Gasteiger partial charge in [-0.15, -0.1) is 0 Å². The first-order chi connectivity index (χ1) is 8.06. The average molecular weight is 297 g/mol. The molecule has 17 heavy (non-hydrogen) atoms. The molecule has 0 spiro atoms. The van der Waals surface area contributed by atoms with E-state index in [1.807, 2.05) is 19.1 Å². The van der Waals surface area contributed by atoms with E-state index >= 15 is 0 Å². The SMILES string of the molecule is Cc1ccc(Oc2ccc(C(=O)O)o2)c(Br)c1. The summed E-state index contributed by atoms with van der Waals surface area (Å²) in [5, 5.41) is 8.70. The standard InChI is InChI=1S/C12H9BrO4/c1-7-2-3-9(8(13)6-7)16-11-5-4-10(17-11)12(14)15/h2-6H,1H3,(H,14,15). The molecule has 0 radical (unpaired) electrons. The van der Waals surface area contributed by atoms with Crippen molar-refractivity contribution in [1.82, 2.24) is 0 Å². The summed E-state index contributed by atoms with van der Waals surface area (Å²) in [4.78, 5) is 10.6. The van der Waals surface area contributed by atoms with Crippen molar-refractivity contribution in [3.8, 4) is 11.7 Å². The number of hydrogen-bond acceptors (Lipinski definition) is 3. The molecule has 0 fully saturated rings. The monoisotopic (exact) mass is 296 g/mol. The van der Waals surface area contributed by atoms with E-state index < -0.39 is 5.97 Å². The van der Waals surface area contributed by atoms with Crippen molar-refractivity contribution in [3.05, 3.63) is 46.1 Å². The molecule has 0 bridgehead atoms. The number of benzene rings is 1. The molecule has 2 aromatic rings. The maximum atomic E-state index is 10.6. The van der Waals surface area contributed by atoms with Gasteiger partial charge in [-0.25, -0.2) is 4.79 Å². The Morgan fingerprint density at radius 2 is 2.12 bits per heavy atom. The van der Waals surface area contributed by atoms with E-state index in [-0.39, 0.29) is 11.7 Å². The second-order valence-electron chi connectivity index (χ2n) is 3.46. The zero-order chi connectivity index (χ0) is 12.4. The first kappa shape index (κ1) is 11.7. The van der Waals surface area contributed by atoms with E-state index in [1.165, 1.54) is 12.1 Å². The molecule has 0 atom stereocenters. The van der Waals surface area contributed by atoms with Crippen molar-refractivity contribution >= 4 is 21.9 Å². The largest absolute Gasteiger partial charge is 0.475 e. The Morgan fingerprint density at radius 3 is 2.71 bits per heavy atom. The van der Waals surface area contributed by atoms with Crippen LogP contribution < -0.4 is 4.74 Å². The minimum atomic E-state index is -1.12. The van der Waals surface area contributed by atoms with Crippen LogP contribution in [0.4, 0.5) is 0 Å². The number of carbonyl (C=O) groups is 1. The van der Waals surface area contributed by atoms with Gasteiger partial charge in [0.1, 0.15) is 5.75 Å². The van der Waals surface area contributed by atoms with Gasteiger partial charge in [-0.3, -0.25) is 0 Å². The number of aromatic carboxylic acids is 1. The van der Waals surface area contributed by atoms with Crippen LogP contribution in [0.25, 0.3) is 0 Å². The first-order valence-electron chi connectivity index (χ1n) is 4.83. The molecule has 4 nitrogen and oxygen atoms in total. The van der Waals surface area contributed by atoms with E-state index in [9.17, 15) is 4.79 Å². The molecule has 0 saturated carbocycles. The Hall–Kier alpha value is -1.75. The Bertz CT molecular complexity index is 559. The lowest BCUT2D eigenvalue weighted by Gasteiger charge is -2.04. The molecular weight excluding hydrogens is 288 g/mol. The molecular formula is C12H9BrO4. The molecule has 2 rings (SSSR count). The van der Waals surface area contributed by atoms with Crippen LogP contribution in [0.5, 0.6) is 11.7 Å². The van der Waals surface area contributed by atoms with Crippen molar-refractivity contribution in [1.29, 1.82) is 0 Å². The van der Waals surface area contributed by atoms with Gasteiger partial charge < -0.3 is 14.3 Å². The number of rotatable bonds is 3. The van der Waals surface area contributed by atoms with E-state index in [0.29, 0.717) is 5.75 Å². The number of carboxylic acids is 1. The predicted octanol–water partition coefficient (Wildman–Crippen LogP) is 3.84. The molecule has 1 N–H and O–H groups in total. The molecule has 1 heterocycles. The van der Waals surface area contributed by atoms with Gasteiger partial charge >= 0.3 is 5.97 Å². The summed E-state index contributed by atoms with van der Waals surface area (Å²) in [5.74, 6) is -0.556. The number of ether oxygens (including phenoxy) is 1. The highest BCUT2D eigenvalue weighted by molar-refractivity contribution is 9.10. The highest BCUT2D eigenvalue weighted by Gasteiger charge is 2.11. The van der Waals surface area contributed by atoms with Crippen LogP contribution in [0.15, 0.2) is 39.2 Å². The summed E-state index contributed by atoms with van der Waals surface area (Å²) in [6.07, 6.45) is 0. The topological polar surface area (TPSA) is 59.7 Å². The van der Waals surface area contributed by atoms with E-state index in [2.05, 4.69) is 15.9 Å². The summed E-state index contributed by atoms with van der Waals surface area (Å²) >= 11 is 3.36. The number of aryl methyl sites for hydroxylation is 1. The average Bonchev–Trinajstić information content (AvgIpc) is 2.71.